The number of alkyl halides is 3. The number of carbonyl (C=O) groups is 1. The van der Waals surface area contributed by atoms with E-state index >= 15 is 0 Å². The molecule has 0 saturated heterocycles. The van der Waals surface area contributed by atoms with Gasteiger partial charge in [-0.15, -0.1) is 0 Å². The molecule has 0 aliphatic carbocycles. The van der Waals surface area contributed by atoms with E-state index in [-0.39, 0.29) is 27.2 Å². The van der Waals surface area contributed by atoms with Crippen molar-refractivity contribution < 1.29 is 13.6 Å². The number of aromatic nitrogens is 1. The molecule has 76 valence electrons. The van der Waals surface area contributed by atoms with Crippen LogP contribution in [0.5, 0.6) is 0 Å². The number of hydrogen-bond donors (Lipinski definition) is 0. The highest BCUT2D eigenvalue weighted by atomic mass is 79.9. The number of rotatable bonds is 3. The first-order chi connectivity index (χ1) is 6.61. The van der Waals surface area contributed by atoms with E-state index in [1.807, 2.05) is 0 Å². The number of nitrogens with zero attached hydrogens (tertiary/aromatic N) is 1. The number of halogens is 4. The van der Waals surface area contributed by atoms with Crippen LogP contribution in [0.4, 0.5) is 8.78 Å². The third-order valence-corrected chi connectivity index (χ3v) is 2.53. The molecular formula is C8H5BrClF2NO. The van der Waals surface area contributed by atoms with Crippen molar-refractivity contribution in [1.82, 2.24) is 4.98 Å². The summed E-state index contributed by atoms with van der Waals surface area (Å²) >= 11 is 8.56. The predicted molar refractivity (Wildman–Crippen MR) is 52.2 cm³/mol. The van der Waals surface area contributed by atoms with Gasteiger partial charge >= 0.3 is 0 Å². The molecule has 0 saturated carbocycles. The van der Waals surface area contributed by atoms with Gasteiger partial charge in [-0.05, 0) is 0 Å². The molecule has 0 radical (unpaired) electrons. The maximum atomic E-state index is 12.5. The minimum absolute atomic E-state index is 0.0124. The molecular weight excluding hydrogens is 279 g/mol. The molecule has 0 atom stereocenters. The molecule has 1 heterocycles. The highest BCUT2D eigenvalue weighted by Gasteiger charge is 2.20. The highest BCUT2D eigenvalue weighted by molar-refractivity contribution is 9.08. The summed E-state index contributed by atoms with van der Waals surface area (Å²) in [6, 6.07) is 0. The minimum Gasteiger partial charge on any atom is -0.296 e. The van der Waals surface area contributed by atoms with Crippen LogP contribution in [0.3, 0.4) is 0 Å². The predicted octanol–water partition coefficient (Wildman–Crippen LogP) is 3.38. The number of carbonyl (C=O) groups excluding carboxylic acids is 1. The van der Waals surface area contributed by atoms with Gasteiger partial charge in [-0.25, -0.2) is 8.78 Å². The molecule has 0 aromatic carbocycles. The molecule has 6 heteroatoms. The highest BCUT2D eigenvalue weighted by Crippen LogP contribution is 2.31. The van der Waals surface area contributed by atoms with Gasteiger partial charge in [0.05, 0.1) is 5.02 Å². The summed E-state index contributed by atoms with van der Waals surface area (Å²) in [5.74, 6) is 0. The van der Waals surface area contributed by atoms with Crippen LogP contribution in [-0.4, -0.2) is 11.3 Å². The molecule has 0 aliphatic heterocycles. The summed E-state index contributed by atoms with van der Waals surface area (Å²) in [5, 5.41) is -0.00560. The Morgan fingerprint density at radius 2 is 2.29 bits per heavy atom. The first-order valence-corrected chi connectivity index (χ1v) is 5.08. The monoisotopic (exact) mass is 283 g/mol. The fraction of sp³-hybridized carbons (Fsp3) is 0.250. The largest absolute Gasteiger partial charge is 0.296 e. The third-order valence-electron chi connectivity index (χ3n) is 1.67. The van der Waals surface area contributed by atoms with Gasteiger partial charge in [0.2, 0.25) is 0 Å². The van der Waals surface area contributed by atoms with E-state index in [2.05, 4.69) is 20.9 Å². The van der Waals surface area contributed by atoms with Crippen molar-refractivity contribution in [3.8, 4) is 0 Å². The Bertz CT molecular complexity index is 359. The van der Waals surface area contributed by atoms with Crippen LogP contribution in [-0.2, 0) is 5.33 Å². The van der Waals surface area contributed by atoms with E-state index in [1.54, 1.807) is 0 Å². The van der Waals surface area contributed by atoms with Crippen molar-refractivity contribution in [2.24, 2.45) is 0 Å². The van der Waals surface area contributed by atoms with Crippen molar-refractivity contribution in [3.63, 3.8) is 0 Å². The molecule has 2 nitrogen and oxygen atoms in total. The van der Waals surface area contributed by atoms with Gasteiger partial charge in [-0.2, -0.15) is 0 Å². The second-order valence-corrected chi connectivity index (χ2v) is 3.40. The Kier molecular flexibility index (Phi) is 3.95. The molecule has 0 amide bonds. The third kappa shape index (κ3) is 2.09. The summed E-state index contributed by atoms with van der Waals surface area (Å²) in [7, 11) is 0. The molecule has 0 spiro atoms. The molecule has 14 heavy (non-hydrogen) atoms. The van der Waals surface area contributed by atoms with Gasteiger partial charge in [0.1, 0.15) is 5.69 Å². The Balaban J connectivity index is 3.42. The smallest absolute Gasteiger partial charge is 0.265 e. The van der Waals surface area contributed by atoms with E-state index in [0.717, 1.165) is 6.20 Å². The zero-order valence-electron chi connectivity index (χ0n) is 6.81. The second kappa shape index (κ2) is 4.79. The topological polar surface area (TPSA) is 30.0 Å². The summed E-state index contributed by atoms with van der Waals surface area (Å²) in [6.45, 7) is 0. The van der Waals surface area contributed by atoms with E-state index in [0.29, 0.717) is 6.29 Å². The lowest BCUT2D eigenvalue weighted by molar-refractivity contribution is 0.111. The number of hydrogen-bond acceptors (Lipinski definition) is 2. The summed E-state index contributed by atoms with van der Waals surface area (Å²) in [5.41, 5.74) is -0.204. The van der Waals surface area contributed by atoms with Gasteiger partial charge < -0.3 is 0 Å². The fourth-order valence-corrected chi connectivity index (χ4v) is 1.87. The molecule has 0 aliphatic rings. The van der Waals surface area contributed by atoms with Crippen molar-refractivity contribution >= 4 is 33.8 Å². The molecule has 0 bridgehead atoms. The normalized spacial score (nSPS) is 10.6. The zero-order chi connectivity index (χ0) is 10.7. The lowest BCUT2D eigenvalue weighted by Gasteiger charge is -2.09. The maximum absolute atomic E-state index is 12.5. The van der Waals surface area contributed by atoms with Gasteiger partial charge in [0, 0.05) is 22.7 Å². The quantitative estimate of drug-likeness (QED) is 0.629. The second-order valence-electron chi connectivity index (χ2n) is 2.44. The van der Waals surface area contributed by atoms with Crippen LogP contribution in [0.1, 0.15) is 28.0 Å². The molecule has 1 aromatic heterocycles. The SMILES string of the molecule is O=Cc1ncc(Cl)c(C(F)F)c1CBr. The number of pyridine rings is 1. The first kappa shape index (κ1) is 11.5. The van der Waals surface area contributed by atoms with Crippen LogP contribution in [0.2, 0.25) is 5.02 Å². The maximum Gasteiger partial charge on any atom is 0.265 e. The van der Waals surface area contributed by atoms with Crippen LogP contribution < -0.4 is 0 Å². The number of aldehydes is 1. The average Bonchev–Trinajstić information content (AvgIpc) is 2.16. The molecule has 1 rings (SSSR count). The average molecular weight is 284 g/mol. The molecule has 0 unspecified atom stereocenters. The van der Waals surface area contributed by atoms with Crippen LogP contribution >= 0.6 is 27.5 Å². The van der Waals surface area contributed by atoms with Crippen molar-refractivity contribution in [2.45, 2.75) is 11.8 Å². The van der Waals surface area contributed by atoms with Crippen LogP contribution in [0, 0.1) is 0 Å². The molecule has 1 aromatic rings. The Hall–Kier alpha value is -0.550. The summed E-state index contributed by atoms with van der Waals surface area (Å²) in [6.07, 6.45) is -1.23. The lowest BCUT2D eigenvalue weighted by atomic mass is 10.1. The first-order valence-electron chi connectivity index (χ1n) is 3.58. The van der Waals surface area contributed by atoms with E-state index in [4.69, 9.17) is 11.6 Å². The summed E-state index contributed by atoms with van der Waals surface area (Å²) in [4.78, 5) is 14.1. The minimum atomic E-state index is -2.71. The van der Waals surface area contributed by atoms with Crippen molar-refractivity contribution in [3.05, 3.63) is 28.0 Å². The van der Waals surface area contributed by atoms with E-state index < -0.39 is 6.43 Å². The Morgan fingerprint density at radius 3 is 2.71 bits per heavy atom. The van der Waals surface area contributed by atoms with Gasteiger partial charge in [0.25, 0.3) is 6.43 Å². The fourth-order valence-electron chi connectivity index (χ4n) is 1.03. The van der Waals surface area contributed by atoms with Crippen molar-refractivity contribution in [2.75, 3.05) is 0 Å². The van der Waals surface area contributed by atoms with Crippen molar-refractivity contribution in [1.29, 1.82) is 0 Å². The van der Waals surface area contributed by atoms with E-state index in [9.17, 15) is 13.6 Å². The van der Waals surface area contributed by atoms with E-state index in [1.165, 1.54) is 0 Å². The van der Waals surface area contributed by atoms with Crippen LogP contribution in [0.25, 0.3) is 0 Å². The molecule has 0 fully saturated rings. The van der Waals surface area contributed by atoms with Gasteiger partial charge in [-0.3, -0.25) is 9.78 Å². The standard InChI is InChI=1S/C8H5BrClF2NO/c9-1-4-6(3-14)13-2-5(10)7(4)8(11)12/h2-3,8H,1H2. The zero-order valence-corrected chi connectivity index (χ0v) is 9.15. The van der Waals surface area contributed by atoms with Gasteiger partial charge in [-0.1, -0.05) is 27.5 Å². The Morgan fingerprint density at radius 1 is 1.64 bits per heavy atom. The van der Waals surface area contributed by atoms with Gasteiger partial charge in [0.15, 0.2) is 6.29 Å². The lowest BCUT2D eigenvalue weighted by Crippen LogP contribution is -2.01. The van der Waals surface area contributed by atoms with Crippen LogP contribution in [0.15, 0.2) is 6.20 Å². The molecule has 0 N–H and O–H groups in total. The Labute approximate surface area is 92.4 Å². The summed E-state index contributed by atoms with van der Waals surface area (Å²) < 4.78 is 25.1.